The highest BCUT2D eigenvalue weighted by Crippen LogP contribution is 2.22. The van der Waals surface area contributed by atoms with Crippen LogP contribution in [0.25, 0.3) is 0 Å². The number of anilines is 1. The molecule has 0 aliphatic heterocycles. The zero-order chi connectivity index (χ0) is 14.9. The van der Waals surface area contributed by atoms with Crippen LogP contribution in [0.3, 0.4) is 0 Å². The predicted octanol–water partition coefficient (Wildman–Crippen LogP) is 1.53. The smallest absolute Gasteiger partial charge is 0.371 e. The van der Waals surface area contributed by atoms with Gasteiger partial charge in [-0.1, -0.05) is 0 Å². The van der Waals surface area contributed by atoms with E-state index >= 15 is 0 Å². The lowest BCUT2D eigenvalue weighted by molar-refractivity contribution is 0.0661. The third-order valence-electron chi connectivity index (χ3n) is 2.24. The summed E-state index contributed by atoms with van der Waals surface area (Å²) in [5, 5.41) is 8.64. The van der Waals surface area contributed by atoms with Crippen LogP contribution in [0.15, 0.2) is 27.6 Å². The normalized spacial score (nSPS) is 11.3. The monoisotopic (exact) mass is 317 g/mol. The van der Waals surface area contributed by atoms with Gasteiger partial charge in [0.25, 0.3) is 10.0 Å². The molecule has 0 spiro atoms. The van der Waals surface area contributed by atoms with Crippen molar-refractivity contribution >= 4 is 33.4 Å². The molecule has 0 aromatic carbocycles. The molecule has 0 unspecified atom stereocenters. The van der Waals surface area contributed by atoms with E-state index in [-0.39, 0.29) is 21.8 Å². The number of aromatic carboxylic acids is 1. The minimum Gasteiger partial charge on any atom is -0.475 e. The Balaban J connectivity index is 2.38. The molecule has 20 heavy (non-hydrogen) atoms. The number of nitrogens with zero attached hydrogens (tertiary/aromatic N) is 2. The lowest BCUT2D eigenvalue weighted by atomic mass is 10.4. The second-order valence-corrected chi connectivity index (χ2v) is 5.64. The summed E-state index contributed by atoms with van der Waals surface area (Å²) in [5.74, 6) is -1.92. The van der Waals surface area contributed by atoms with Gasteiger partial charge in [-0.3, -0.25) is 4.72 Å². The van der Waals surface area contributed by atoms with Crippen LogP contribution in [0.2, 0.25) is 5.28 Å². The molecule has 2 aromatic heterocycles. The molecule has 2 N–H and O–H groups in total. The van der Waals surface area contributed by atoms with Gasteiger partial charge < -0.3 is 9.52 Å². The summed E-state index contributed by atoms with van der Waals surface area (Å²) in [6.07, 6.45) is 1.28. The Morgan fingerprint density at radius 2 is 2.20 bits per heavy atom. The summed E-state index contributed by atoms with van der Waals surface area (Å²) in [6, 6.07) is 2.22. The first-order chi connectivity index (χ1) is 9.29. The summed E-state index contributed by atoms with van der Waals surface area (Å²) < 4.78 is 31.2. The Morgan fingerprint density at radius 1 is 1.50 bits per heavy atom. The molecule has 0 aliphatic carbocycles. The number of carboxylic acids is 1. The standard InChI is InChI=1S/C10H8ClN3O5S/c1-5-7(4-6(19-5)9(15)16)20(17,18)14-8-2-3-12-10(11)13-8/h2-4H,1H3,(H,15,16)(H,12,13,14). The maximum absolute atomic E-state index is 12.1. The van der Waals surface area contributed by atoms with Gasteiger partial charge in [-0.05, 0) is 24.6 Å². The van der Waals surface area contributed by atoms with Crippen molar-refractivity contribution in [1.82, 2.24) is 9.97 Å². The summed E-state index contributed by atoms with van der Waals surface area (Å²) in [4.78, 5) is 17.7. The molecule has 0 bridgehead atoms. The first-order valence-electron chi connectivity index (χ1n) is 5.14. The van der Waals surface area contributed by atoms with Crippen LogP contribution < -0.4 is 4.72 Å². The molecule has 0 radical (unpaired) electrons. The SMILES string of the molecule is Cc1oc(C(=O)O)cc1S(=O)(=O)Nc1ccnc(Cl)n1. The average Bonchev–Trinajstić information content (AvgIpc) is 2.71. The summed E-state index contributed by atoms with van der Waals surface area (Å²) >= 11 is 5.54. The van der Waals surface area contributed by atoms with E-state index in [0.29, 0.717) is 0 Å². The quantitative estimate of drug-likeness (QED) is 0.820. The van der Waals surface area contributed by atoms with E-state index in [1.165, 1.54) is 19.2 Å². The van der Waals surface area contributed by atoms with Gasteiger partial charge in [0.1, 0.15) is 16.5 Å². The first kappa shape index (κ1) is 14.3. The van der Waals surface area contributed by atoms with Gasteiger partial charge in [-0.25, -0.2) is 18.2 Å². The van der Waals surface area contributed by atoms with Gasteiger partial charge in [0, 0.05) is 12.3 Å². The fourth-order valence-electron chi connectivity index (χ4n) is 1.42. The van der Waals surface area contributed by atoms with Crippen molar-refractivity contribution in [3.8, 4) is 0 Å². The minimum absolute atomic E-state index is 0.0394. The Hall–Kier alpha value is -2.13. The number of rotatable bonds is 4. The number of hydrogen-bond donors (Lipinski definition) is 2. The minimum atomic E-state index is -4.03. The van der Waals surface area contributed by atoms with Gasteiger partial charge in [0.05, 0.1) is 0 Å². The van der Waals surface area contributed by atoms with Crippen molar-refractivity contribution in [2.24, 2.45) is 0 Å². The fourth-order valence-corrected chi connectivity index (χ4v) is 2.75. The number of aromatic nitrogens is 2. The molecule has 0 aliphatic rings. The van der Waals surface area contributed by atoms with E-state index in [9.17, 15) is 13.2 Å². The second kappa shape index (κ2) is 5.10. The third kappa shape index (κ3) is 2.89. The molecule has 0 amide bonds. The van der Waals surface area contributed by atoms with Crippen LogP contribution in [0.1, 0.15) is 16.3 Å². The maximum atomic E-state index is 12.1. The van der Waals surface area contributed by atoms with Crippen LogP contribution in [-0.2, 0) is 10.0 Å². The largest absolute Gasteiger partial charge is 0.475 e. The van der Waals surface area contributed by atoms with Gasteiger partial charge >= 0.3 is 5.97 Å². The van der Waals surface area contributed by atoms with E-state index in [2.05, 4.69) is 14.7 Å². The van der Waals surface area contributed by atoms with Crippen molar-refractivity contribution in [3.63, 3.8) is 0 Å². The molecule has 2 rings (SSSR count). The van der Waals surface area contributed by atoms with Crippen LogP contribution in [-0.4, -0.2) is 29.5 Å². The van der Waals surface area contributed by atoms with E-state index in [1.807, 2.05) is 0 Å². The molecular formula is C10H8ClN3O5S. The lowest BCUT2D eigenvalue weighted by Crippen LogP contribution is -2.14. The number of aryl methyl sites for hydroxylation is 1. The zero-order valence-electron chi connectivity index (χ0n) is 9.99. The first-order valence-corrected chi connectivity index (χ1v) is 7.01. The highest BCUT2D eigenvalue weighted by atomic mass is 35.5. The molecule has 8 nitrogen and oxygen atoms in total. The van der Waals surface area contributed by atoms with Crippen molar-refractivity contribution in [3.05, 3.63) is 35.1 Å². The molecule has 0 saturated carbocycles. The molecule has 106 valence electrons. The zero-order valence-corrected chi connectivity index (χ0v) is 11.6. The van der Waals surface area contributed by atoms with Crippen LogP contribution in [0, 0.1) is 6.92 Å². The molecular weight excluding hydrogens is 310 g/mol. The summed E-state index contributed by atoms with van der Waals surface area (Å²) in [7, 11) is -4.03. The van der Waals surface area contributed by atoms with Crippen LogP contribution in [0.4, 0.5) is 5.82 Å². The molecule has 0 atom stereocenters. The average molecular weight is 318 g/mol. The molecule has 0 fully saturated rings. The van der Waals surface area contributed by atoms with Gasteiger partial charge in [-0.15, -0.1) is 0 Å². The predicted molar refractivity (Wildman–Crippen MR) is 68.3 cm³/mol. The second-order valence-electron chi connectivity index (χ2n) is 3.65. The van der Waals surface area contributed by atoms with Gasteiger partial charge in [-0.2, -0.15) is 4.98 Å². The van der Waals surface area contributed by atoms with Crippen molar-refractivity contribution in [1.29, 1.82) is 0 Å². The fraction of sp³-hybridized carbons (Fsp3) is 0.100. The Morgan fingerprint density at radius 3 is 2.75 bits per heavy atom. The molecule has 2 aromatic rings. The van der Waals surface area contributed by atoms with Crippen molar-refractivity contribution < 1.29 is 22.7 Å². The molecule has 2 heterocycles. The number of carboxylic acid groups (broad SMARTS) is 1. The number of hydrogen-bond acceptors (Lipinski definition) is 6. The van der Waals surface area contributed by atoms with Crippen LogP contribution >= 0.6 is 11.6 Å². The van der Waals surface area contributed by atoms with E-state index in [4.69, 9.17) is 21.1 Å². The van der Waals surface area contributed by atoms with E-state index in [0.717, 1.165) is 6.07 Å². The van der Waals surface area contributed by atoms with Crippen molar-refractivity contribution in [2.75, 3.05) is 4.72 Å². The lowest BCUT2D eigenvalue weighted by Gasteiger charge is -2.05. The summed E-state index contributed by atoms with van der Waals surface area (Å²) in [5.41, 5.74) is 0. The highest BCUT2D eigenvalue weighted by molar-refractivity contribution is 7.92. The van der Waals surface area contributed by atoms with Gasteiger partial charge in [0.15, 0.2) is 0 Å². The Bertz CT molecular complexity index is 771. The Kier molecular flexibility index (Phi) is 3.64. The summed E-state index contributed by atoms with van der Waals surface area (Å²) in [6.45, 7) is 1.34. The topological polar surface area (TPSA) is 122 Å². The van der Waals surface area contributed by atoms with E-state index < -0.39 is 21.8 Å². The van der Waals surface area contributed by atoms with E-state index in [1.54, 1.807) is 0 Å². The highest BCUT2D eigenvalue weighted by Gasteiger charge is 2.24. The number of carbonyl (C=O) groups is 1. The van der Waals surface area contributed by atoms with Gasteiger partial charge in [0.2, 0.25) is 11.0 Å². The van der Waals surface area contributed by atoms with Crippen LogP contribution in [0.5, 0.6) is 0 Å². The maximum Gasteiger partial charge on any atom is 0.371 e. The number of halogens is 1. The Labute approximate surface area is 118 Å². The number of furan rings is 1. The molecule has 0 saturated heterocycles. The molecule has 10 heteroatoms. The third-order valence-corrected chi connectivity index (χ3v) is 3.88. The number of nitrogens with one attached hydrogen (secondary N) is 1. The van der Waals surface area contributed by atoms with Crippen molar-refractivity contribution in [2.45, 2.75) is 11.8 Å². The number of sulfonamides is 1.